The third kappa shape index (κ3) is 3.14. The van der Waals surface area contributed by atoms with Gasteiger partial charge < -0.3 is 9.47 Å². The molecule has 0 aromatic heterocycles. The van der Waals surface area contributed by atoms with Crippen LogP contribution in [0.4, 0.5) is 0 Å². The van der Waals surface area contributed by atoms with Crippen molar-refractivity contribution in [1.29, 1.82) is 0 Å². The maximum absolute atomic E-state index is 11.6. The number of hydrogen-bond donors (Lipinski definition) is 0. The number of rotatable bonds is 4. The van der Waals surface area contributed by atoms with Gasteiger partial charge in [-0.15, -0.1) is 0 Å². The Labute approximate surface area is 130 Å². The van der Waals surface area contributed by atoms with Gasteiger partial charge in [-0.3, -0.25) is 4.79 Å². The molecular weight excluding hydrogens is 276 g/mol. The molecule has 22 heavy (non-hydrogen) atoms. The van der Waals surface area contributed by atoms with Crippen molar-refractivity contribution >= 4 is 5.97 Å². The smallest absolute Gasteiger partial charge is 0.308 e. The molecule has 0 spiro atoms. The first-order chi connectivity index (χ1) is 10.8. The van der Waals surface area contributed by atoms with E-state index in [2.05, 4.69) is 18.2 Å². The van der Waals surface area contributed by atoms with Crippen LogP contribution in [0.5, 0.6) is 5.75 Å². The lowest BCUT2D eigenvalue weighted by Gasteiger charge is -2.17. The lowest BCUT2D eigenvalue weighted by Crippen LogP contribution is -2.17. The summed E-state index contributed by atoms with van der Waals surface area (Å²) in [5.41, 5.74) is 2.23. The summed E-state index contributed by atoms with van der Waals surface area (Å²) in [4.78, 5) is 11.6. The van der Waals surface area contributed by atoms with Gasteiger partial charge in [-0.2, -0.15) is 0 Å². The SMILES string of the molecule is COC(=O)[C@H]1CCC(Oc2ccccc2-c2ccccc2)C1. The van der Waals surface area contributed by atoms with E-state index < -0.39 is 0 Å². The van der Waals surface area contributed by atoms with Gasteiger partial charge in [0.2, 0.25) is 0 Å². The third-order valence-corrected chi connectivity index (χ3v) is 4.18. The van der Waals surface area contributed by atoms with Crippen molar-refractivity contribution in [2.45, 2.75) is 25.4 Å². The topological polar surface area (TPSA) is 35.5 Å². The molecule has 0 amide bonds. The zero-order valence-electron chi connectivity index (χ0n) is 12.7. The predicted octanol–water partition coefficient (Wildman–Crippen LogP) is 4.07. The number of carbonyl (C=O) groups excluding carboxylic acids is 1. The molecule has 0 bridgehead atoms. The van der Waals surface area contributed by atoms with E-state index in [4.69, 9.17) is 9.47 Å². The molecule has 0 radical (unpaired) electrons. The van der Waals surface area contributed by atoms with Crippen LogP contribution in [0, 0.1) is 5.92 Å². The number of carbonyl (C=O) groups is 1. The molecule has 1 fully saturated rings. The maximum Gasteiger partial charge on any atom is 0.308 e. The third-order valence-electron chi connectivity index (χ3n) is 4.18. The van der Waals surface area contributed by atoms with Crippen LogP contribution in [0.25, 0.3) is 11.1 Å². The Balaban J connectivity index is 1.76. The fraction of sp³-hybridized carbons (Fsp3) is 0.316. The molecule has 3 heteroatoms. The summed E-state index contributed by atoms with van der Waals surface area (Å²) in [6.07, 6.45) is 2.54. The van der Waals surface area contributed by atoms with Crippen molar-refractivity contribution in [1.82, 2.24) is 0 Å². The van der Waals surface area contributed by atoms with Crippen LogP contribution in [-0.2, 0) is 9.53 Å². The van der Waals surface area contributed by atoms with Gasteiger partial charge in [-0.25, -0.2) is 0 Å². The summed E-state index contributed by atoms with van der Waals surface area (Å²) in [6, 6.07) is 18.3. The Hall–Kier alpha value is -2.29. The molecule has 0 aliphatic heterocycles. The summed E-state index contributed by atoms with van der Waals surface area (Å²) in [5.74, 6) is 0.727. The van der Waals surface area contributed by atoms with Gasteiger partial charge in [0.1, 0.15) is 5.75 Å². The first-order valence-corrected chi connectivity index (χ1v) is 7.67. The summed E-state index contributed by atoms with van der Waals surface area (Å²) in [5, 5.41) is 0. The highest BCUT2D eigenvalue weighted by atomic mass is 16.5. The van der Waals surface area contributed by atoms with Crippen LogP contribution in [0.2, 0.25) is 0 Å². The van der Waals surface area contributed by atoms with Gasteiger partial charge in [-0.05, 0) is 30.9 Å². The minimum Gasteiger partial charge on any atom is -0.490 e. The quantitative estimate of drug-likeness (QED) is 0.798. The van der Waals surface area contributed by atoms with Gasteiger partial charge in [0.25, 0.3) is 0 Å². The summed E-state index contributed by atoms with van der Waals surface area (Å²) in [6.45, 7) is 0. The Bertz CT molecular complexity index is 636. The molecule has 3 rings (SSSR count). The van der Waals surface area contributed by atoms with Crippen molar-refractivity contribution in [3.8, 4) is 16.9 Å². The summed E-state index contributed by atoms with van der Waals surface area (Å²) < 4.78 is 11.0. The number of ether oxygens (including phenoxy) is 2. The van der Waals surface area contributed by atoms with E-state index >= 15 is 0 Å². The molecule has 114 valence electrons. The van der Waals surface area contributed by atoms with Gasteiger partial charge in [0, 0.05) is 5.56 Å². The van der Waals surface area contributed by atoms with E-state index in [9.17, 15) is 4.79 Å². The predicted molar refractivity (Wildman–Crippen MR) is 85.7 cm³/mol. The highest BCUT2D eigenvalue weighted by Gasteiger charge is 2.32. The average molecular weight is 296 g/mol. The van der Waals surface area contributed by atoms with E-state index in [1.54, 1.807) is 0 Å². The number of para-hydroxylation sites is 1. The Morgan fingerprint density at radius 3 is 2.50 bits per heavy atom. The van der Waals surface area contributed by atoms with Crippen LogP contribution in [0.3, 0.4) is 0 Å². The number of benzene rings is 2. The number of hydrogen-bond acceptors (Lipinski definition) is 3. The Morgan fingerprint density at radius 1 is 1.00 bits per heavy atom. The maximum atomic E-state index is 11.6. The zero-order chi connectivity index (χ0) is 15.4. The molecule has 0 heterocycles. The van der Waals surface area contributed by atoms with Crippen molar-refractivity contribution in [3.05, 3.63) is 54.6 Å². The molecule has 2 atom stereocenters. The van der Waals surface area contributed by atoms with E-state index in [-0.39, 0.29) is 18.0 Å². The molecule has 0 N–H and O–H groups in total. The second kappa shape index (κ2) is 6.65. The summed E-state index contributed by atoms with van der Waals surface area (Å²) >= 11 is 0. The van der Waals surface area contributed by atoms with E-state index in [1.807, 2.05) is 36.4 Å². The van der Waals surface area contributed by atoms with Crippen LogP contribution in [0.15, 0.2) is 54.6 Å². The molecule has 2 aromatic rings. The lowest BCUT2D eigenvalue weighted by molar-refractivity contribution is -0.145. The normalized spacial score (nSPS) is 20.6. The van der Waals surface area contributed by atoms with Gasteiger partial charge in [-0.1, -0.05) is 48.5 Å². The Morgan fingerprint density at radius 2 is 1.73 bits per heavy atom. The summed E-state index contributed by atoms with van der Waals surface area (Å²) in [7, 11) is 1.45. The fourth-order valence-corrected chi connectivity index (χ4v) is 3.03. The second-order valence-corrected chi connectivity index (χ2v) is 5.64. The number of esters is 1. The van der Waals surface area contributed by atoms with Crippen LogP contribution >= 0.6 is 0 Å². The molecule has 1 aliphatic rings. The van der Waals surface area contributed by atoms with E-state index in [0.29, 0.717) is 0 Å². The van der Waals surface area contributed by atoms with Crippen LogP contribution in [0.1, 0.15) is 19.3 Å². The minimum atomic E-state index is -0.123. The largest absolute Gasteiger partial charge is 0.490 e. The highest BCUT2D eigenvalue weighted by molar-refractivity contribution is 5.73. The minimum absolute atomic E-state index is 0.0288. The highest BCUT2D eigenvalue weighted by Crippen LogP contribution is 2.35. The second-order valence-electron chi connectivity index (χ2n) is 5.64. The molecular formula is C19H20O3. The van der Waals surface area contributed by atoms with Crippen molar-refractivity contribution in [3.63, 3.8) is 0 Å². The van der Waals surface area contributed by atoms with Gasteiger partial charge >= 0.3 is 5.97 Å². The van der Waals surface area contributed by atoms with Crippen molar-refractivity contribution in [2.24, 2.45) is 5.92 Å². The van der Waals surface area contributed by atoms with Crippen LogP contribution < -0.4 is 4.74 Å². The van der Waals surface area contributed by atoms with Crippen LogP contribution in [-0.4, -0.2) is 19.2 Å². The molecule has 0 saturated heterocycles. The van der Waals surface area contributed by atoms with Gasteiger partial charge in [0.05, 0.1) is 19.1 Å². The average Bonchev–Trinajstić information content (AvgIpc) is 3.04. The monoisotopic (exact) mass is 296 g/mol. The standard InChI is InChI=1S/C19H20O3/c1-21-19(20)15-11-12-16(13-15)22-18-10-6-5-9-17(18)14-7-3-2-4-8-14/h2-10,15-16H,11-13H2,1H3/t15-,16?/m0/s1. The molecule has 1 aliphatic carbocycles. The fourth-order valence-electron chi connectivity index (χ4n) is 3.03. The first kappa shape index (κ1) is 14.6. The zero-order valence-corrected chi connectivity index (χ0v) is 12.7. The Kier molecular flexibility index (Phi) is 4.42. The molecule has 1 saturated carbocycles. The molecule has 2 aromatic carbocycles. The van der Waals surface area contributed by atoms with E-state index in [1.165, 1.54) is 7.11 Å². The van der Waals surface area contributed by atoms with Crippen molar-refractivity contribution < 1.29 is 14.3 Å². The van der Waals surface area contributed by atoms with Crippen molar-refractivity contribution in [2.75, 3.05) is 7.11 Å². The molecule has 3 nitrogen and oxygen atoms in total. The number of methoxy groups -OCH3 is 1. The molecule has 1 unspecified atom stereocenters. The van der Waals surface area contributed by atoms with Gasteiger partial charge in [0.15, 0.2) is 0 Å². The van der Waals surface area contributed by atoms with E-state index in [0.717, 1.165) is 36.1 Å². The lowest BCUT2D eigenvalue weighted by atomic mass is 10.0. The first-order valence-electron chi connectivity index (χ1n) is 7.67.